The Balaban J connectivity index is 0.000000169. The van der Waals surface area contributed by atoms with Gasteiger partial charge in [0.25, 0.3) is 0 Å². The van der Waals surface area contributed by atoms with Gasteiger partial charge in [0.05, 0.1) is 0 Å². The van der Waals surface area contributed by atoms with E-state index in [9.17, 15) is 0 Å². The average Bonchev–Trinajstić information content (AvgIpc) is 0.743. The summed E-state index contributed by atoms with van der Waals surface area (Å²) in [6.45, 7) is 7.25. The lowest BCUT2D eigenvalue weighted by Gasteiger charge is -2.13. The molecule has 0 aliphatic carbocycles. The molecule has 0 bridgehead atoms. The maximum Gasteiger partial charge on any atom is 0.213 e. The number of rotatable bonds is 15. The first-order valence-corrected chi connectivity index (χ1v) is 32.0. The molecule has 0 amide bonds. The number of hydrogen-bond donors (Lipinski definition) is 0. The van der Waals surface area contributed by atoms with E-state index in [1.54, 1.807) is 24.3 Å². The highest BCUT2D eigenvalue weighted by Gasteiger charge is 2.19. The summed E-state index contributed by atoms with van der Waals surface area (Å²) in [5.74, 6) is -5.14. The fourth-order valence-electron chi connectivity index (χ4n) is 11.6. The molecule has 4 nitrogen and oxygen atoms in total. The number of nitrogens with zero attached hydrogens (tertiary/aromatic N) is 4. The van der Waals surface area contributed by atoms with Gasteiger partial charge in [-0.05, 0) is 184 Å². The van der Waals surface area contributed by atoms with Gasteiger partial charge in [-0.3, -0.25) is 0 Å². The van der Waals surface area contributed by atoms with Gasteiger partial charge in [-0.1, -0.05) is 218 Å². The lowest BCUT2D eigenvalue weighted by Crippen LogP contribution is -2.30. The van der Waals surface area contributed by atoms with Crippen LogP contribution in [0.4, 0.5) is 0 Å². The van der Waals surface area contributed by atoms with Crippen LogP contribution in [-0.4, -0.2) is 0 Å². The molecule has 4 aromatic heterocycles. The van der Waals surface area contributed by atoms with E-state index in [1.807, 2.05) is 168 Å². The van der Waals surface area contributed by atoms with Crippen LogP contribution in [0.15, 0.2) is 267 Å². The van der Waals surface area contributed by atoms with Gasteiger partial charge in [-0.25, -0.2) is 18.3 Å². The third-order valence-electron chi connectivity index (χ3n) is 17.2. The zero-order chi connectivity index (χ0) is 80.7. The van der Waals surface area contributed by atoms with Crippen molar-refractivity contribution in [2.24, 2.45) is 34.1 Å². The predicted octanol–water partition coefficient (Wildman–Crippen LogP) is 21.4. The molecule has 0 radical (unpaired) electrons. The molecular formula is C90H100N4+4. The summed E-state index contributed by atoms with van der Waals surface area (Å²) in [4.78, 5) is 0. The molecule has 0 fully saturated rings. The molecular weight excluding hydrogens is 1140 g/mol. The summed E-state index contributed by atoms with van der Waals surface area (Å²) in [5.41, 5.74) is 25.0. The Bertz CT molecular complexity index is 5130. The summed E-state index contributed by atoms with van der Waals surface area (Å²) in [7, 11) is 8.12. The monoisotopic (exact) mass is 1250 g/mol. The Morgan fingerprint density at radius 1 is 0.351 bits per heavy atom. The van der Waals surface area contributed by atoms with E-state index < -0.39 is 51.0 Å². The highest BCUT2D eigenvalue weighted by Crippen LogP contribution is 2.32. The van der Waals surface area contributed by atoms with Crippen molar-refractivity contribution in [1.29, 1.82) is 0 Å². The molecule has 4 heteroatoms. The van der Waals surface area contributed by atoms with E-state index >= 15 is 0 Å². The summed E-state index contributed by atoms with van der Waals surface area (Å²) in [6.07, 6.45) is 4.36. The molecule has 12 aromatic rings. The van der Waals surface area contributed by atoms with Crippen LogP contribution in [0.2, 0.25) is 0 Å². The van der Waals surface area contributed by atoms with Crippen molar-refractivity contribution in [3.05, 3.63) is 312 Å². The third kappa shape index (κ3) is 17.5. The van der Waals surface area contributed by atoms with E-state index in [0.29, 0.717) is 11.1 Å². The second-order valence-corrected chi connectivity index (χ2v) is 24.1. The van der Waals surface area contributed by atoms with Crippen LogP contribution < -0.4 is 18.3 Å². The fraction of sp³-hybridized carbons (Fsp3) is 0.244. The Hall–Kier alpha value is -9.64. The molecule has 2 atom stereocenters. The minimum Gasteiger partial charge on any atom is -0.201 e. The van der Waals surface area contributed by atoms with Crippen LogP contribution in [0.25, 0.3) is 89.5 Å². The summed E-state index contributed by atoms with van der Waals surface area (Å²) >= 11 is 0. The second-order valence-electron chi connectivity index (χ2n) is 24.1. The quantitative estimate of drug-likeness (QED) is 0.0910. The van der Waals surface area contributed by atoms with Crippen LogP contribution in [0.5, 0.6) is 0 Å². The number of benzene rings is 8. The lowest BCUT2D eigenvalue weighted by molar-refractivity contribution is -0.660. The smallest absolute Gasteiger partial charge is 0.201 e. The molecule has 94 heavy (non-hydrogen) atoms. The van der Waals surface area contributed by atoms with Crippen molar-refractivity contribution in [2.45, 2.75) is 113 Å². The molecule has 4 heterocycles. The van der Waals surface area contributed by atoms with Gasteiger partial charge < -0.3 is 0 Å². The molecule has 0 aliphatic heterocycles. The second kappa shape index (κ2) is 32.8. The van der Waals surface area contributed by atoms with Crippen molar-refractivity contribution in [3.63, 3.8) is 0 Å². The van der Waals surface area contributed by atoms with E-state index in [0.717, 1.165) is 84.0 Å². The van der Waals surface area contributed by atoms with Crippen molar-refractivity contribution in [2.75, 3.05) is 0 Å². The Morgan fingerprint density at radius 2 is 0.649 bits per heavy atom. The third-order valence-corrected chi connectivity index (χ3v) is 17.2. The van der Waals surface area contributed by atoms with Crippen molar-refractivity contribution >= 4 is 0 Å². The molecule has 2 unspecified atom stereocenters. The summed E-state index contributed by atoms with van der Waals surface area (Å²) in [5, 5.41) is 0. The maximum atomic E-state index is 8.68. The van der Waals surface area contributed by atoms with Crippen LogP contribution in [0.1, 0.15) is 139 Å². The number of pyridine rings is 4. The molecule has 0 spiro atoms. The normalized spacial score (nSPS) is 15.5. The zero-order valence-corrected chi connectivity index (χ0v) is 56.6. The van der Waals surface area contributed by atoms with Crippen LogP contribution in [-0.2, 0) is 41.0 Å². The topological polar surface area (TPSA) is 15.5 Å². The predicted molar refractivity (Wildman–Crippen MR) is 398 cm³/mol. The van der Waals surface area contributed by atoms with E-state index in [-0.39, 0.29) is 12.8 Å². The number of aryl methyl sites for hydroxylation is 9. The first-order valence-electron chi connectivity index (χ1n) is 40.0. The molecule has 476 valence electrons. The van der Waals surface area contributed by atoms with Crippen LogP contribution >= 0.6 is 0 Å². The van der Waals surface area contributed by atoms with Crippen LogP contribution in [0.3, 0.4) is 0 Å². The van der Waals surface area contributed by atoms with Gasteiger partial charge in [-0.2, -0.15) is 0 Å². The molecule has 0 saturated carbocycles. The average molecular weight is 1250 g/mol. The maximum absolute atomic E-state index is 8.68. The van der Waals surface area contributed by atoms with Gasteiger partial charge in [0.2, 0.25) is 22.8 Å². The van der Waals surface area contributed by atoms with E-state index in [1.165, 1.54) is 66.6 Å². The highest BCUT2D eigenvalue weighted by molar-refractivity contribution is 5.74. The number of aromatic nitrogens is 4. The molecule has 8 aromatic carbocycles. The minimum atomic E-state index is -2.37. The zero-order valence-electron chi connectivity index (χ0n) is 72.6. The molecule has 0 saturated heterocycles. The first kappa shape index (κ1) is 49.9. The Morgan fingerprint density at radius 3 is 0.936 bits per heavy atom. The largest absolute Gasteiger partial charge is 0.213 e. The molecule has 0 N–H and O–H groups in total. The summed E-state index contributed by atoms with van der Waals surface area (Å²) < 4.78 is 133. The fourth-order valence-corrected chi connectivity index (χ4v) is 11.6. The SMILES string of the molecule is [2H]C([2H])(C)C([2H])(c1ccc(-c2cc[n+](C)c(-c3ccccc3C)c2)cc1)C([2H])([2H])C.[2H]C([2H])([2H])C([2H])(C)Cc1ccc(-c2cc[n+](C)c(-c3ccccc3C)c2)cc1.[2H]C([2H])([2H])C([2H])(C)c1ccc(-c2cc[n+](C)c(-c3ccccc3C)c2)cc1.[2H]C([2H])([2H])Cc1ccc(-c2cc[n+](C)c(-c3ccccc3C)c2)cc1. The van der Waals surface area contributed by atoms with Gasteiger partial charge in [-0.15, -0.1) is 0 Å². The van der Waals surface area contributed by atoms with Crippen molar-refractivity contribution < 1.29 is 40.2 Å². The van der Waals surface area contributed by atoms with E-state index in [4.69, 9.17) is 21.9 Å². The summed E-state index contributed by atoms with van der Waals surface area (Å²) in [6, 6.07) is 80.0. The number of hydrogen-bond acceptors (Lipinski definition) is 0. The Kier molecular flexibility index (Phi) is 17.4. The van der Waals surface area contributed by atoms with Gasteiger partial charge in [0, 0.05) is 92.7 Å². The van der Waals surface area contributed by atoms with Gasteiger partial charge in [0.15, 0.2) is 24.8 Å². The lowest BCUT2D eigenvalue weighted by atomic mass is 9.92. The van der Waals surface area contributed by atoms with Gasteiger partial charge >= 0.3 is 0 Å². The van der Waals surface area contributed by atoms with Crippen molar-refractivity contribution in [1.82, 2.24) is 0 Å². The highest BCUT2D eigenvalue weighted by atomic mass is 14.9. The molecule has 0 aliphatic rings. The van der Waals surface area contributed by atoms with Crippen LogP contribution in [0, 0.1) is 33.6 Å². The minimum absolute atomic E-state index is 0.103. The molecule has 12 rings (SSSR count). The van der Waals surface area contributed by atoms with Gasteiger partial charge in [0.1, 0.15) is 28.2 Å². The van der Waals surface area contributed by atoms with Crippen molar-refractivity contribution in [3.8, 4) is 89.5 Å². The Labute approximate surface area is 586 Å². The standard InChI is InChI=1S/C24H28N.C23H26N.C22H24N.C21H22N/c1-5-19(6-2)20-11-13-21(14-12-20)22-15-16-25(4)24(17-22)23-10-8-7-9-18(23)3;1-17(2)15-19-9-11-20(12-10-19)21-13-14-24(4)23(16-21)22-8-6-5-7-18(22)3;1-16(2)18-9-11-19(12-10-18)20-13-14-23(4)22(15-20)21-8-6-5-7-17(21)3;1-4-17-9-11-18(12-10-17)19-13-14-22(3)21(15-19)20-8-6-5-7-16(20)2/h7-17,19H,5-6H2,1-4H3;5-14,16-17H,15H2,1-4H3;5-16H,1-4H3;5-15H,4H2,1-3H3/q4*+1/i5D2,6D2,19D;1D3,17D;1D3,16D;1D3. The van der Waals surface area contributed by atoms with E-state index in [2.05, 4.69) is 149 Å². The first-order chi connectivity index (χ1) is 51.4.